The minimum atomic E-state index is -2.67. The van der Waals surface area contributed by atoms with E-state index < -0.39 is 45.9 Å². The summed E-state index contributed by atoms with van der Waals surface area (Å²) in [6.07, 6.45) is 2.09. The number of esters is 2. The van der Waals surface area contributed by atoms with Crippen LogP contribution in [0.5, 0.6) is 0 Å². The molecule has 0 unspecified atom stereocenters. The Morgan fingerprint density at radius 3 is 2.59 bits per heavy atom. The number of ether oxygens (including phenoxy) is 2. The van der Waals surface area contributed by atoms with Crippen molar-refractivity contribution in [3.05, 3.63) is 72.3 Å². The number of aliphatic hydroxyl groups is 1. The van der Waals surface area contributed by atoms with Gasteiger partial charge in [-0.2, -0.15) is 14.2 Å². The van der Waals surface area contributed by atoms with E-state index in [0.717, 1.165) is 51.3 Å². The molecule has 174 valence electrons. The quantitative estimate of drug-likeness (QED) is 0.240. The first kappa shape index (κ1) is 22.4. The highest BCUT2D eigenvalue weighted by Gasteiger charge is 2.69. The Morgan fingerprint density at radius 2 is 1.91 bits per heavy atom. The summed E-state index contributed by atoms with van der Waals surface area (Å²) in [7, 11) is 0. The highest BCUT2D eigenvalue weighted by Crippen LogP contribution is 2.51. The Hall–Kier alpha value is -3.42. The first-order chi connectivity index (χ1) is 16.3. The fourth-order valence-electron chi connectivity index (χ4n) is 3.78. The number of aromatic nitrogens is 4. The Labute approximate surface area is 198 Å². The van der Waals surface area contributed by atoms with Crippen molar-refractivity contribution in [1.29, 1.82) is 0 Å². The predicted octanol–water partition coefficient (Wildman–Crippen LogP) is 2.94. The van der Waals surface area contributed by atoms with Crippen molar-refractivity contribution in [2.45, 2.75) is 28.7 Å². The lowest BCUT2D eigenvalue weighted by Gasteiger charge is -2.43. The molecule has 2 aromatic heterocycles. The molecule has 1 aliphatic rings. The van der Waals surface area contributed by atoms with Crippen LogP contribution in [0.25, 0.3) is 10.1 Å². The van der Waals surface area contributed by atoms with Crippen LogP contribution < -0.4 is 0 Å². The first-order valence-corrected chi connectivity index (χ1v) is 11.4. The topological polar surface area (TPSA) is 116 Å². The molecule has 1 aliphatic heterocycles. The third kappa shape index (κ3) is 3.27. The van der Waals surface area contributed by atoms with Gasteiger partial charge in [-0.1, -0.05) is 30.0 Å². The van der Waals surface area contributed by atoms with E-state index in [9.17, 15) is 19.1 Å². The molecule has 4 aromatic rings. The van der Waals surface area contributed by atoms with Crippen LogP contribution in [0.4, 0.5) is 8.78 Å². The molecule has 34 heavy (non-hydrogen) atoms. The lowest BCUT2D eigenvalue weighted by atomic mass is 9.85. The fraction of sp³-hybridized carbons (Fsp3) is 0.190. The maximum atomic E-state index is 15.1. The van der Waals surface area contributed by atoms with E-state index in [-0.39, 0.29) is 0 Å². The van der Waals surface area contributed by atoms with Crippen LogP contribution >= 0.6 is 23.3 Å². The standard InChI is InChI=1S/C21H14F2N4O5S2/c1-11(33-17-13-4-2-3-5-16(13)34-26-17)20(30,14-7-6-12(22)8-15(14)23)21(27-10-24-9-25-27)31-18(28)19(29)32-21/h2-11,30H,1H3/t11-,20-/m1/s1. The second-order valence-electron chi connectivity index (χ2n) is 7.34. The largest absolute Gasteiger partial charge is 0.422 e. The Balaban J connectivity index is 1.72. The second kappa shape index (κ2) is 8.11. The Morgan fingerprint density at radius 1 is 1.18 bits per heavy atom. The Kier molecular flexibility index (Phi) is 5.34. The molecule has 0 bridgehead atoms. The summed E-state index contributed by atoms with van der Waals surface area (Å²) in [5, 5.41) is 16.3. The maximum Gasteiger partial charge on any atom is 0.422 e. The van der Waals surface area contributed by atoms with Crippen LogP contribution in [0.2, 0.25) is 0 Å². The molecule has 2 aromatic carbocycles. The molecule has 1 fully saturated rings. The van der Waals surface area contributed by atoms with Crippen LogP contribution in [-0.2, 0) is 30.6 Å². The number of fused-ring (bicyclic) bond motifs is 1. The van der Waals surface area contributed by atoms with Crippen molar-refractivity contribution in [3.63, 3.8) is 0 Å². The SMILES string of the molecule is C[C@@H](Sc1nsc2ccccc12)[C@@](O)(c1ccc(F)cc1F)C1(n2cncn2)OC(=O)C(=O)O1. The van der Waals surface area contributed by atoms with Crippen molar-refractivity contribution in [2.24, 2.45) is 0 Å². The van der Waals surface area contributed by atoms with Gasteiger partial charge in [0.2, 0.25) is 5.60 Å². The number of benzene rings is 2. The molecule has 1 saturated heterocycles. The van der Waals surface area contributed by atoms with E-state index >= 15 is 4.39 Å². The molecule has 0 saturated carbocycles. The van der Waals surface area contributed by atoms with Gasteiger partial charge in [-0.05, 0) is 36.7 Å². The monoisotopic (exact) mass is 504 g/mol. The van der Waals surface area contributed by atoms with Gasteiger partial charge in [0.15, 0.2) is 0 Å². The van der Waals surface area contributed by atoms with E-state index in [0.29, 0.717) is 11.1 Å². The molecule has 0 spiro atoms. The van der Waals surface area contributed by atoms with Crippen molar-refractivity contribution in [2.75, 3.05) is 0 Å². The average molecular weight is 504 g/mol. The van der Waals surface area contributed by atoms with Gasteiger partial charge in [0.25, 0.3) is 0 Å². The zero-order valence-corrected chi connectivity index (χ0v) is 18.8. The average Bonchev–Trinajstić information content (AvgIpc) is 3.54. The predicted molar refractivity (Wildman–Crippen MR) is 115 cm³/mol. The lowest BCUT2D eigenvalue weighted by Crippen LogP contribution is -2.60. The van der Waals surface area contributed by atoms with Crippen LogP contribution in [0.15, 0.2) is 60.1 Å². The maximum absolute atomic E-state index is 15.1. The van der Waals surface area contributed by atoms with E-state index in [1.54, 1.807) is 0 Å². The minimum absolute atomic E-state index is 0.494. The van der Waals surface area contributed by atoms with Crippen LogP contribution in [0, 0.1) is 11.6 Å². The number of nitrogens with zero attached hydrogens (tertiary/aromatic N) is 4. The molecule has 1 N–H and O–H groups in total. The highest BCUT2D eigenvalue weighted by atomic mass is 32.2. The van der Waals surface area contributed by atoms with E-state index in [4.69, 9.17) is 9.47 Å². The number of hydrogen-bond acceptors (Lipinski definition) is 10. The lowest BCUT2D eigenvalue weighted by molar-refractivity contribution is -0.322. The van der Waals surface area contributed by atoms with E-state index in [1.807, 2.05) is 24.3 Å². The molecule has 3 heterocycles. The first-order valence-electron chi connectivity index (χ1n) is 9.76. The van der Waals surface area contributed by atoms with E-state index in [1.165, 1.54) is 18.5 Å². The Bertz CT molecular complexity index is 1400. The third-order valence-corrected chi connectivity index (χ3v) is 7.56. The molecule has 0 amide bonds. The molecule has 5 rings (SSSR count). The number of cyclic esters (lactones) is 2. The minimum Gasteiger partial charge on any atom is -0.391 e. The molecule has 0 radical (unpaired) electrons. The number of carbonyl (C=O) groups is 2. The molecule has 9 nitrogen and oxygen atoms in total. The summed E-state index contributed by atoms with van der Waals surface area (Å²) in [6.45, 7) is 1.50. The number of rotatable bonds is 6. The summed E-state index contributed by atoms with van der Waals surface area (Å²) in [4.78, 5) is 28.1. The molecular formula is C21H14F2N4O5S2. The normalized spacial score (nSPS) is 17.9. The number of hydrogen-bond donors (Lipinski definition) is 1. The second-order valence-corrected chi connectivity index (χ2v) is 9.47. The van der Waals surface area contributed by atoms with Gasteiger partial charge in [-0.25, -0.2) is 23.4 Å². The van der Waals surface area contributed by atoms with Crippen molar-refractivity contribution >= 4 is 45.3 Å². The van der Waals surface area contributed by atoms with Crippen LogP contribution in [-0.4, -0.2) is 41.4 Å². The zero-order valence-electron chi connectivity index (χ0n) is 17.2. The summed E-state index contributed by atoms with van der Waals surface area (Å²) in [5.74, 6) is -7.57. The number of halogens is 2. The van der Waals surface area contributed by atoms with Crippen molar-refractivity contribution in [3.8, 4) is 0 Å². The summed E-state index contributed by atoms with van der Waals surface area (Å²) < 4.78 is 45.5. The van der Waals surface area contributed by atoms with Gasteiger partial charge in [0.05, 0.1) is 9.95 Å². The summed E-state index contributed by atoms with van der Waals surface area (Å²) in [6, 6.07) is 9.82. The smallest absolute Gasteiger partial charge is 0.391 e. The van der Waals surface area contributed by atoms with Gasteiger partial charge < -0.3 is 14.6 Å². The number of thioether (sulfide) groups is 1. The van der Waals surface area contributed by atoms with Crippen molar-refractivity contribution in [1.82, 2.24) is 19.1 Å². The van der Waals surface area contributed by atoms with Crippen LogP contribution in [0.1, 0.15) is 12.5 Å². The third-order valence-electron chi connectivity index (χ3n) is 5.39. The van der Waals surface area contributed by atoms with Crippen LogP contribution in [0.3, 0.4) is 0 Å². The van der Waals surface area contributed by atoms with Gasteiger partial charge in [0, 0.05) is 17.0 Å². The van der Waals surface area contributed by atoms with Gasteiger partial charge >= 0.3 is 17.8 Å². The molecule has 0 aliphatic carbocycles. The molecular weight excluding hydrogens is 490 g/mol. The summed E-state index contributed by atoms with van der Waals surface area (Å²) >= 11 is 2.25. The van der Waals surface area contributed by atoms with Crippen molar-refractivity contribution < 1.29 is 33.0 Å². The van der Waals surface area contributed by atoms with E-state index in [2.05, 4.69) is 14.5 Å². The number of carbonyl (C=O) groups excluding carboxylic acids is 2. The molecule has 13 heteroatoms. The van der Waals surface area contributed by atoms with Gasteiger partial charge in [0.1, 0.15) is 29.3 Å². The summed E-state index contributed by atoms with van der Waals surface area (Å²) in [5.41, 5.74) is -3.11. The fourth-order valence-corrected chi connectivity index (χ4v) is 5.90. The van der Waals surface area contributed by atoms with Gasteiger partial charge in [-0.3, -0.25) is 0 Å². The van der Waals surface area contributed by atoms with Gasteiger partial charge in [-0.15, -0.1) is 0 Å². The highest BCUT2D eigenvalue weighted by molar-refractivity contribution is 8.00. The zero-order chi connectivity index (χ0) is 24.1. The molecule has 2 atom stereocenters.